The third-order valence-electron chi connectivity index (χ3n) is 1.71. The maximum Gasteiger partial charge on any atom is 0.0720 e. The van der Waals surface area contributed by atoms with Gasteiger partial charge in [0.2, 0.25) is 0 Å². The highest BCUT2D eigenvalue weighted by atomic mass is 32.2. The lowest BCUT2D eigenvalue weighted by Gasteiger charge is -2.12. The number of hydrogen-bond acceptors (Lipinski definition) is 7. The minimum atomic E-state index is -0.226. The van der Waals surface area contributed by atoms with E-state index in [0.29, 0.717) is 5.25 Å². The van der Waals surface area contributed by atoms with Crippen LogP contribution in [0.4, 0.5) is 0 Å². The van der Waals surface area contributed by atoms with E-state index in [9.17, 15) is 5.11 Å². The van der Waals surface area contributed by atoms with Crippen LogP contribution in [0.1, 0.15) is 0 Å². The molecule has 2 nitrogen and oxygen atoms in total. The zero-order valence-electron chi connectivity index (χ0n) is 9.83. The van der Waals surface area contributed by atoms with Crippen molar-refractivity contribution in [3.8, 4) is 0 Å². The standard InChI is InChI=1S/C10H22O2S5/c11-1-3-15-7-10(14)8-17-6-9(12)5-16-4-2-13/h9-14H,1-8H2. The fourth-order valence-corrected chi connectivity index (χ4v) is 4.61. The molecule has 2 N–H and O–H groups in total. The van der Waals surface area contributed by atoms with Crippen molar-refractivity contribution in [3.05, 3.63) is 0 Å². The molecule has 0 saturated heterocycles. The molecule has 0 aliphatic heterocycles. The molecule has 0 bridgehead atoms. The third kappa shape index (κ3) is 13.9. The summed E-state index contributed by atoms with van der Waals surface area (Å²) in [5.41, 5.74) is 0. The number of aliphatic hydroxyl groups is 2. The zero-order valence-corrected chi connectivity index (χ0v) is 14.1. The Labute approximate surface area is 128 Å². The van der Waals surface area contributed by atoms with Crippen LogP contribution in [0, 0.1) is 0 Å². The first kappa shape index (κ1) is 18.7. The molecule has 0 aromatic heterocycles. The molecule has 0 fully saturated rings. The van der Waals surface area contributed by atoms with Gasteiger partial charge in [-0.1, -0.05) is 0 Å². The maximum atomic E-state index is 9.67. The van der Waals surface area contributed by atoms with Gasteiger partial charge >= 0.3 is 0 Å². The molecular formula is C10H22O2S5. The molecule has 2 unspecified atom stereocenters. The quantitative estimate of drug-likeness (QED) is 0.323. The first-order chi connectivity index (χ1) is 8.20. The summed E-state index contributed by atoms with van der Waals surface area (Å²) in [6.45, 7) is 0.236. The highest BCUT2D eigenvalue weighted by molar-refractivity contribution is 8.01. The van der Waals surface area contributed by atoms with Crippen molar-refractivity contribution in [1.82, 2.24) is 0 Å². The van der Waals surface area contributed by atoms with Crippen LogP contribution >= 0.6 is 60.5 Å². The Kier molecular flexibility index (Phi) is 15.5. The first-order valence-corrected chi connectivity index (χ1v) is 10.1. The van der Waals surface area contributed by atoms with Gasteiger partial charge in [0.25, 0.3) is 0 Å². The van der Waals surface area contributed by atoms with Gasteiger partial charge in [-0.15, -0.1) is 0 Å². The molecule has 104 valence electrons. The van der Waals surface area contributed by atoms with E-state index in [0.717, 1.165) is 40.3 Å². The molecule has 0 aromatic rings. The van der Waals surface area contributed by atoms with E-state index in [2.05, 4.69) is 25.3 Å². The van der Waals surface area contributed by atoms with E-state index in [-0.39, 0.29) is 12.7 Å². The Morgan fingerprint density at radius 1 is 0.941 bits per heavy atom. The van der Waals surface area contributed by atoms with Gasteiger partial charge in [0.05, 0.1) is 12.7 Å². The Balaban J connectivity index is 3.29. The summed E-state index contributed by atoms with van der Waals surface area (Å²) in [7, 11) is 0. The van der Waals surface area contributed by atoms with Gasteiger partial charge in [0.15, 0.2) is 0 Å². The molecule has 0 rings (SSSR count). The summed E-state index contributed by atoms with van der Waals surface area (Å²) >= 11 is 13.8. The second kappa shape index (κ2) is 14.1. The van der Waals surface area contributed by atoms with Gasteiger partial charge < -0.3 is 10.2 Å². The lowest BCUT2D eigenvalue weighted by molar-refractivity contribution is 0.225. The monoisotopic (exact) mass is 334 g/mol. The summed E-state index contributed by atoms with van der Waals surface area (Å²) in [5.74, 6) is 6.14. The predicted molar refractivity (Wildman–Crippen MR) is 91.7 cm³/mol. The molecule has 0 amide bonds. The molecule has 2 atom stereocenters. The van der Waals surface area contributed by atoms with Crippen molar-refractivity contribution >= 4 is 60.5 Å². The molecule has 0 heterocycles. The summed E-state index contributed by atoms with van der Waals surface area (Å²) in [6.07, 6.45) is -0.226. The summed E-state index contributed by atoms with van der Waals surface area (Å²) in [4.78, 5) is 0. The van der Waals surface area contributed by atoms with Crippen LogP contribution in [0.5, 0.6) is 0 Å². The van der Waals surface area contributed by atoms with Crippen molar-refractivity contribution in [2.24, 2.45) is 0 Å². The topological polar surface area (TPSA) is 40.5 Å². The average molecular weight is 335 g/mol. The van der Waals surface area contributed by atoms with E-state index in [1.54, 1.807) is 35.3 Å². The Morgan fingerprint density at radius 3 is 2.18 bits per heavy atom. The third-order valence-corrected chi connectivity index (χ3v) is 6.58. The minimum Gasteiger partial charge on any atom is -0.396 e. The van der Waals surface area contributed by atoms with Crippen LogP contribution in [0.25, 0.3) is 0 Å². The maximum absolute atomic E-state index is 9.67. The van der Waals surface area contributed by atoms with Crippen molar-refractivity contribution in [3.63, 3.8) is 0 Å². The normalized spacial score (nSPS) is 14.8. The van der Waals surface area contributed by atoms with Gasteiger partial charge in [-0.05, 0) is 5.75 Å². The molecule has 0 saturated carbocycles. The second-order valence-electron chi connectivity index (χ2n) is 3.44. The first-order valence-electron chi connectivity index (χ1n) is 5.51. The second-order valence-corrected chi connectivity index (χ2v) is 7.99. The minimum absolute atomic E-state index is 0.226. The molecule has 0 aliphatic rings. The fourth-order valence-electron chi connectivity index (χ4n) is 1.00. The molecular weight excluding hydrogens is 312 g/mol. The van der Waals surface area contributed by atoms with Gasteiger partial charge in [-0.3, -0.25) is 0 Å². The van der Waals surface area contributed by atoms with E-state index < -0.39 is 0 Å². The number of rotatable bonds is 12. The van der Waals surface area contributed by atoms with Crippen LogP contribution < -0.4 is 0 Å². The van der Waals surface area contributed by atoms with Crippen molar-refractivity contribution in [2.75, 3.05) is 46.9 Å². The number of thioether (sulfide) groups is 3. The molecule has 0 aromatic carbocycles. The predicted octanol–water partition coefficient (Wildman–Crippen LogP) is 1.77. The SMILES string of the molecule is OCCSCC(S)CSCC(O)CSCCS. The lowest BCUT2D eigenvalue weighted by Crippen LogP contribution is -2.16. The highest BCUT2D eigenvalue weighted by Crippen LogP contribution is 2.15. The van der Waals surface area contributed by atoms with E-state index in [1.807, 2.05) is 0 Å². The van der Waals surface area contributed by atoms with Crippen LogP contribution in [0.2, 0.25) is 0 Å². The summed E-state index contributed by atoms with van der Waals surface area (Å²) in [5, 5.41) is 18.7. The molecule has 0 spiro atoms. The Bertz CT molecular complexity index is 146. The smallest absolute Gasteiger partial charge is 0.0720 e. The van der Waals surface area contributed by atoms with Crippen molar-refractivity contribution in [1.29, 1.82) is 0 Å². The van der Waals surface area contributed by atoms with Crippen molar-refractivity contribution < 1.29 is 10.2 Å². The van der Waals surface area contributed by atoms with Gasteiger partial charge in [0.1, 0.15) is 0 Å². The fraction of sp³-hybridized carbons (Fsp3) is 1.00. The summed E-state index contributed by atoms with van der Waals surface area (Å²) in [6, 6.07) is 0. The van der Waals surface area contributed by atoms with Crippen LogP contribution in [-0.2, 0) is 0 Å². The van der Waals surface area contributed by atoms with Crippen molar-refractivity contribution in [2.45, 2.75) is 11.4 Å². The summed E-state index contributed by atoms with van der Waals surface area (Å²) < 4.78 is 0. The van der Waals surface area contributed by atoms with E-state index in [1.165, 1.54) is 0 Å². The van der Waals surface area contributed by atoms with Gasteiger partial charge in [-0.2, -0.15) is 60.5 Å². The number of hydrogen-bond donors (Lipinski definition) is 4. The zero-order chi connectivity index (χ0) is 12.9. The van der Waals surface area contributed by atoms with E-state index >= 15 is 0 Å². The highest BCUT2D eigenvalue weighted by Gasteiger charge is 2.07. The Hall–Kier alpha value is 1.67. The Morgan fingerprint density at radius 2 is 1.53 bits per heavy atom. The number of aliphatic hydroxyl groups excluding tert-OH is 2. The van der Waals surface area contributed by atoms with Crippen LogP contribution in [0.15, 0.2) is 0 Å². The average Bonchev–Trinajstić information content (AvgIpc) is 2.30. The van der Waals surface area contributed by atoms with Gasteiger partial charge in [0, 0.05) is 39.8 Å². The number of thiol groups is 2. The molecule has 17 heavy (non-hydrogen) atoms. The lowest BCUT2D eigenvalue weighted by atomic mass is 10.5. The van der Waals surface area contributed by atoms with Crippen LogP contribution in [0.3, 0.4) is 0 Å². The molecule has 0 radical (unpaired) electrons. The van der Waals surface area contributed by atoms with Crippen LogP contribution in [-0.4, -0.2) is 68.4 Å². The van der Waals surface area contributed by atoms with Gasteiger partial charge in [-0.25, -0.2) is 0 Å². The largest absolute Gasteiger partial charge is 0.396 e. The van der Waals surface area contributed by atoms with E-state index in [4.69, 9.17) is 5.11 Å². The molecule has 7 heteroatoms. The molecule has 0 aliphatic carbocycles.